The molecule has 7 nitrogen and oxygen atoms in total. The van der Waals surface area contributed by atoms with Crippen LogP contribution in [0.3, 0.4) is 0 Å². The van der Waals surface area contributed by atoms with Crippen LogP contribution >= 0.6 is 0 Å². The van der Waals surface area contributed by atoms with E-state index in [4.69, 9.17) is 0 Å². The Morgan fingerprint density at radius 1 is 1.47 bits per heavy atom. The van der Waals surface area contributed by atoms with Crippen LogP contribution in [0, 0.1) is 0 Å². The Morgan fingerprint density at radius 2 is 2.18 bits per heavy atom. The second kappa shape index (κ2) is 5.13. The zero-order valence-corrected chi connectivity index (χ0v) is 10.6. The van der Waals surface area contributed by atoms with Crippen LogP contribution < -0.4 is 10.0 Å². The summed E-state index contributed by atoms with van der Waals surface area (Å²) in [6, 6.07) is 1.79. The summed E-state index contributed by atoms with van der Waals surface area (Å²) < 4.78 is 29.6. The summed E-state index contributed by atoms with van der Waals surface area (Å²) in [6.07, 6.45) is 1.65. The van der Waals surface area contributed by atoms with E-state index >= 15 is 0 Å². The van der Waals surface area contributed by atoms with Crippen molar-refractivity contribution in [2.24, 2.45) is 7.05 Å². The van der Waals surface area contributed by atoms with Crippen molar-refractivity contribution in [3.8, 4) is 0 Å². The van der Waals surface area contributed by atoms with Crippen LogP contribution in [0.5, 0.6) is 0 Å². The molecule has 0 amide bonds. The van der Waals surface area contributed by atoms with E-state index < -0.39 is 10.2 Å². The fourth-order valence-corrected chi connectivity index (χ4v) is 2.89. The van der Waals surface area contributed by atoms with Gasteiger partial charge in [0.1, 0.15) is 0 Å². The third-order valence-corrected chi connectivity index (χ3v) is 4.33. The average molecular weight is 259 g/mol. The summed E-state index contributed by atoms with van der Waals surface area (Å²) in [7, 11) is -1.59. The highest BCUT2D eigenvalue weighted by Crippen LogP contribution is 2.02. The van der Waals surface area contributed by atoms with Crippen molar-refractivity contribution in [1.82, 2.24) is 24.1 Å². The molecule has 8 heteroatoms. The van der Waals surface area contributed by atoms with Crippen LogP contribution in [0.15, 0.2) is 12.3 Å². The van der Waals surface area contributed by atoms with Gasteiger partial charge in [0.05, 0.1) is 12.2 Å². The molecule has 0 radical (unpaired) electrons. The molecule has 2 N–H and O–H groups in total. The lowest BCUT2D eigenvalue weighted by Gasteiger charge is -2.26. The van der Waals surface area contributed by atoms with Crippen molar-refractivity contribution in [3.63, 3.8) is 0 Å². The van der Waals surface area contributed by atoms with Crippen LogP contribution in [0.4, 0.5) is 0 Å². The van der Waals surface area contributed by atoms with Gasteiger partial charge >= 0.3 is 0 Å². The van der Waals surface area contributed by atoms with Crippen molar-refractivity contribution in [1.29, 1.82) is 0 Å². The third kappa shape index (κ3) is 3.03. The van der Waals surface area contributed by atoms with Gasteiger partial charge < -0.3 is 5.32 Å². The van der Waals surface area contributed by atoms with E-state index in [2.05, 4.69) is 15.1 Å². The Hall–Kier alpha value is -0.960. The van der Waals surface area contributed by atoms with Gasteiger partial charge in [-0.05, 0) is 6.07 Å². The number of aryl methyl sites for hydroxylation is 1. The number of nitrogens with zero attached hydrogens (tertiary/aromatic N) is 3. The zero-order valence-electron chi connectivity index (χ0n) is 9.76. The summed E-state index contributed by atoms with van der Waals surface area (Å²) in [5.74, 6) is 0. The molecule has 96 valence electrons. The van der Waals surface area contributed by atoms with Gasteiger partial charge in [0, 0.05) is 39.4 Å². The van der Waals surface area contributed by atoms with Crippen molar-refractivity contribution >= 4 is 10.2 Å². The van der Waals surface area contributed by atoms with E-state index in [9.17, 15) is 8.42 Å². The molecule has 0 spiro atoms. The predicted molar refractivity (Wildman–Crippen MR) is 63.4 cm³/mol. The average Bonchev–Trinajstić information content (AvgIpc) is 2.74. The lowest BCUT2D eigenvalue weighted by molar-refractivity contribution is 0.354. The van der Waals surface area contributed by atoms with Gasteiger partial charge in [0.2, 0.25) is 0 Å². The second-order valence-electron chi connectivity index (χ2n) is 3.92. The maximum Gasteiger partial charge on any atom is 0.279 e. The minimum absolute atomic E-state index is 0.267. The van der Waals surface area contributed by atoms with E-state index in [-0.39, 0.29) is 6.54 Å². The Balaban J connectivity index is 1.95. The van der Waals surface area contributed by atoms with E-state index in [0.29, 0.717) is 26.2 Å². The number of aromatic nitrogens is 2. The van der Waals surface area contributed by atoms with Crippen molar-refractivity contribution in [2.75, 3.05) is 26.2 Å². The Morgan fingerprint density at radius 3 is 2.76 bits per heavy atom. The summed E-state index contributed by atoms with van der Waals surface area (Å²) >= 11 is 0. The Bertz CT molecular complexity index is 463. The molecular formula is C9H17N5O2S. The number of hydrogen-bond donors (Lipinski definition) is 2. The number of hydrogen-bond acceptors (Lipinski definition) is 4. The van der Waals surface area contributed by atoms with E-state index in [1.165, 1.54) is 4.31 Å². The highest BCUT2D eigenvalue weighted by Gasteiger charge is 2.23. The van der Waals surface area contributed by atoms with Crippen LogP contribution in [-0.4, -0.2) is 48.7 Å². The van der Waals surface area contributed by atoms with Gasteiger partial charge in [-0.2, -0.15) is 22.5 Å². The van der Waals surface area contributed by atoms with Gasteiger partial charge in [-0.15, -0.1) is 0 Å². The first-order valence-electron chi connectivity index (χ1n) is 5.52. The number of piperazine rings is 1. The van der Waals surface area contributed by atoms with E-state index in [1.54, 1.807) is 24.0 Å². The summed E-state index contributed by atoms with van der Waals surface area (Å²) in [4.78, 5) is 0. The van der Waals surface area contributed by atoms with Crippen molar-refractivity contribution in [2.45, 2.75) is 6.54 Å². The fraction of sp³-hybridized carbons (Fsp3) is 0.667. The summed E-state index contributed by atoms with van der Waals surface area (Å²) in [6.45, 7) is 2.70. The largest absolute Gasteiger partial charge is 0.314 e. The topological polar surface area (TPSA) is 79.3 Å². The van der Waals surface area contributed by atoms with Gasteiger partial charge in [-0.25, -0.2) is 0 Å². The second-order valence-corrected chi connectivity index (χ2v) is 5.68. The van der Waals surface area contributed by atoms with Crippen LogP contribution in [0.25, 0.3) is 0 Å². The minimum atomic E-state index is -3.37. The highest BCUT2D eigenvalue weighted by molar-refractivity contribution is 7.87. The zero-order chi connectivity index (χ0) is 12.3. The molecule has 1 aromatic heterocycles. The van der Waals surface area contributed by atoms with E-state index in [0.717, 1.165) is 5.69 Å². The molecule has 1 saturated heterocycles. The van der Waals surface area contributed by atoms with Gasteiger partial charge in [-0.1, -0.05) is 0 Å². The highest BCUT2D eigenvalue weighted by atomic mass is 32.2. The lowest BCUT2D eigenvalue weighted by Crippen LogP contribution is -2.50. The molecule has 0 aromatic carbocycles. The molecule has 2 heterocycles. The molecule has 1 fully saturated rings. The molecule has 17 heavy (non-hydrogen) atoms. The molecule has 2 rings (SSSR count). The van der Waals surface area contributed by atoms with Crippen LogP contribution in [0.2, 0.25) is 0 Å². The minimum Gasteiger partial charge on any atom is -0.314 e. The quantitative estimate of drug-likeness (QED) is 0.701. The van der Waals surface area contributed by atoms with Gasteiger partial charge in [-0.3, -0.25) is 4.68 Å². The molecule has 0 atom stereocenters. The van der Waals surface area contributed by atoms with Crippen molar-refractivity contribution in [3.05, 3.63) is 18.0 Å². The molecular weight excluding hydrogens is 242 g/mol. The van der Waals surface area contributed by atoms with Crippen molar-refractivity contribution < 1.29 is 8.42 Å². The normalized spacial score (nSPS) is 18.4. The summed E-state index contributed by atoms with van der Waals surface area (Å²) in [5, 5.41) is 7.11. The fourth-order valence-electron chi connectivity index (χ4n) is 1.72. The maximum atomic E-state index is 11.9. The number of nitrogens with one attached hydrogen (secondary N) is 2. The number of rotatable bonds is 4. The first-order valence-corrected chi connectivity index (χ1v) is 6.96. The monoisotopic (exact) mass is 259 g/mol. The first-order chi connectivity index (χ1) is 8.09. The molecule has 0 saturated carbocycles. The SMILES string of the molecule is Cn1nccc1CNS(=O)(=O)N1CCNCC1. The Kier molecular flexibility index (Phi) is 3.77. The lowest BCUT2D eigenvalue weighted by atomic mass is 10.4. The Labute approximate surface area is 101 Å². The molecule has 0 aliphatic carbocycles. The maximum absolute atomic E-state index is 11.9. The molecule has 1 aliphatic heterocycles. The van der Waals surface area contributed by atoms with Crippen LogP contribution in [0.1, 0.15) is 5.69 Å². The smallest absolute Gasteiger partial charge is 0.279 e. The standard InChI is InChI=1S/C9H17N5O2S/c1-13-9(2-3-11-13)8-12-17(15,16)14-6-4-10-5-7-14/h2-3,10,12H,4-8H2,1H3. The van der Waals surface area contributed by atoms with E-state index in [1.807, 2.05) is 0 Å². The van der Waals surface area contributed by atoms with Gasteiger partial charge in [0.25, 0.3) is 10.2 Å². The molecule has 0 bridgehead atoms. The summed E-state index contributed by atoms with van der Waals surface area (Å²) in [5.41, 5.74) is 0.837. The first kappa shape index (κ1) is 12.5. The van der Waals surface area contributed by atoms with Crippen LogP contribution in [-0.2, 0) is 23.8 Å². The predicted octanol–water partition coefficient (Wildman–Crippen LogP) is -1.34. The van der Waals surface area contributed by atoms with Gasteiger partial charge in [0.15, 0.2) is 0 Å². The third-order valence-electron chi connectivity index (χ3n) is 2.77. The molecule has 1 aromatic rings. The molecule has 0 unspecified atom stereocenters. The molecule has 1 aliphatic rings.